The van der Waals surface area contributed by atoms with Crippen molar-refractivity contribution >= 4 is 16.9 Å². The normalized spacial score (nSPS) is 11.0. The Balaban J connectivity index is 1.50. The molecule has 0 aliphatic carbocycles. The highest BCUT2D eigenvalue weighted by molar-refractivity contribution is 5.93. The second kappa shape index (κ2) is 11.3. The molecule has 5 rings (SSSR count). The summed E-state index contributed by atoms with van der Waals surface area (Å²) in [6, 6.07) is 26.6. The molecule has 0 saturated heterocycles. The highest BCUT2D eigenvalue weighted by Gasteiger charge is 2.17. The van der Waals surface area contributed by atoms with E-state index in [1.165, 1.54) is 0 Å². The summed E-state index contributed by atoms with van der Waals surface area (Å²) in [6.07, 6.45) is 1.69. The fourth-order valence-electron chi connectivity index (χ4n) is 4.55. The summed E-state index contributed by atoms with van der Waals surface area (Å²) < 4.78 is 32.4. The van der Waals surface area contributed by atoms with E-state index in [0.717, 1.165) is 27.6 Å². The first kappa shape index (κ1) is 25.2. The standard InChI is InChI=1S/C32H28FNO4/c1-2-36-30(35)18-24-12-11-23(22-7-4-3-5-8-22)17-29(24)38-20-21-15-25-13-14-37-32(25)28(16-21)27-10-6-9-26(19-34)31(27)33/h3-17H,2,18-20,34H2,1H3. The molecule has 5 nitrogen and oxygen atoms in total. The van der Waals surface area contributed by atoms with Gasteiger partial charge >= 0.3 is 5.97 Å². The minimum absolute atomic E-state index is 0.0986. The maximum absolute atomic E-state index is 15.2. The fraction of sp³-hybridized carbons (Fsp3) is 0.156. The highest BCUT2D eigenvalue weighted by Crippen LogP contribution is 2.35. The van der Waals surface area contributed by atoms with E-state index in [2.05, 4.69) is 0 Å². The molecule has 1 heterocycles. The first-order chi connectivity index (χ1) is 18.6. The fourth-order valence-corrected chi connectivity index (χ4v) is 4.55. The van der Waals surface area contributed by atoms with Gasteiger partial charge in [0, 0.05) is 34.2 Å². The predicted octanol–water partition coefficient (Wildman–Crippen LogP) is 7.05. The molecule has 0 radical (unpaired) electrons. The quantitative estimate of drug-likeness (QED) is 0.216. The first-order valence-corrected chi connectivity index (χ1v) is 12.5. The minimum Gasteiger partial charge on any atom is -0.489 e. The number of fused-ring (bicyclic) bond motifs is 1. The predicted molar refractivity (Wildman–Crippen MR) is 146 cm³/mol. The Morgan fingerprint density at radius 2 is 1.74 bits per heavy atom. The third kappa shape index (κ3) is 5.31. The van der Waals surface area contributed by atoms with Gasteiger partial charge < -0.3 is 19.6 Å². The minimum atomic E-state index is -0.363. The van der Waals surface area contributed by atoms with Crippen LogP contribution in [-0.4, -0.2) is 12.6 Å². The maximum atomic E-state index is 15.2. The van der Waals surface area contributed by atoms with Crippen LogP contribution in [0.15, 0.2) is 95.6 Å². The van der Waals surface area contributed by atoms with Gasteiger partial charge in [0.05, 0.1) is 19.3 Å². The lowest BCUT2D eigenvalue weighted by molar-refractivity contribution is -0.142. The van der Waals surface area contributed by atoms with Crippen molar-refractivity contribution in [2.45, 2.75) is 26.5 Å². The lowest BCUT2D eigenvalue weighted by atomic mass is 9.98. The van der Waals surface area contributed by atoms with Gasteiger partial charge in [-0.3, -0.25) is 4.79 Å². The number of furan rings is 1. The SMILES string of the molecule is CCOC(=O)Cc1ccc(-c2ccccc2)cc1OCc1cc(-c2cccc(CN)c2F)c2occc2c1. The smallest absolute Gasteiger partial charge is 0.310 e. The van der Waals surface area contributed by atoms with Gasteiger partial charge in [-0.25, -0.2) is 4.39 Å². The van der Waals surface area contributed by atoms with E-state index in [1.807, 2.05) is 66.7 Å². The van der Waals surface area contributed by atoms with Crippen LogP contribution in [0.5, 0.6) is 5.75 Å². The highest BCUT2D eigenvalue weighted by atomic mass is 19.1. The maximum Gasteiger partial charge on any atom is 0.310 e. The summed E-state index contributed by atoms with van der Waals surface area (Å²) in [7, 11) is 0. The van der Waals surface area contributed by atoms with Crippen molar-refractivity contribution in [3.8, 4) is 28.0 Å². The third-order valence-corrected chi connectivity index (χ3v) is 6.41. The monoisotopic (exact) mass is 509 g/mol. The third-order valence-electron chi connectivity index (χ3n) is 6.41. The summed E-state index contributed by atoms with van der Waals surface area (Å²) >= 11 is 0. The topological polar surface area (TPSA) is 74.7 Å². The van der Waals surface area contributed by atoms with Crippen molar-refractivity contribution in [1.29, 1.82) is 0 Å². The van der Waals surface area contributed by atoms with Crippen molar-refractivity contribution in [1.82, 2.24) is 0 Å². The van der Waals surface area contributed by atoms with Gasteiger partial charge in [-0.2, -0.15) is 0 Å². The van der Waals surface area contributed by atoms with Crippen molar-refractivity contribution < 1.29 is 23.1 Å². The number of rotatable bonds is 9. The van der Waals surface area contributed by atoms with Crippen LogP contribution in [0.1, 0.15) is 23.6 Å². The zero-order chi connectivity index (χ0) is 26.5. The van der Waals surface area contributed by atoms with Gasteiger partial charge in [0.15, 0.2) is 0 Å². The van der Waals surface area contributed by atoms with E-state index < -0.39 is 0 Å². The van der Waals surface area contributed by atoms with Crippen LogP contribution in [0.2, 0.25) is 0 Å². The van der Waals surface area contributed by atoms with E-state index in [9.17, 15) is 4.79 Å². The molecule has 2 N–H and O–H groups in total. The number of hydrogen-bond donors (Lipinski definition) is 1. The Bertz CT molecular complexity index is 1580. The van der Waals surface area contributed by atoms with E-state index in [-0.39, 0.29) is 31.4 Å². The van der Waals surface area contributed by atoms with E-state index in [1.54, 1.807) is 31.4 Å². The van der Waals surface area contributed by atoms with Crippen LogP contribution in [0.25, 0.3) is 33.2 Å². The van der Waals surface area contributed by atoms with Gasteiger partial charge in [-0.1, -0.05) is 60.7 Å². The number of halogens is 1. The van der Waals surface area contributed by atoms with Gasteiger partial charge in [0.25, 0.3) is 0 Å². The number of hydrogen-bond acceptors (Lipinski definition) is 5. The number of nitrogens with two attached hydrogens (primary N) is 1. The van der Waals surface area contributed by atoms with E-state index in [0.29, 0.717) is 34.6 Å². The van der Waals surface area contributed by atoms with E-state index in [4.69, 9.17) is 19.6 Å². The van der Waals surface area contributed by atoms with Gasteiger partial charge in [-0.05, 0) is 47.9 Å². The van der Waals surface area contributed by atoms with Crippen molar-refractivity contribution in [2.75, 3.05) is 6.61 Å². The summed E-state index contributed by atoms with van der Waals surface area (Å²) in [4.78, 5) is 12.3. The molecule has 0 atom stereocenters. The second-order valence-corrected chi connectivity index (χ2v) is 8.92. The summed E-state index contributed by atoms with van der Waals surface area (Å²) in [5, 5.41) is 0.837. The van der Waals surface area contributed by atoms with Gasteiger partial charge in [0.2, 0.25) is 0 Å². The Labute approximate surface area is 220 Å². The van der Waals surface area contributed by atoms with Crippen molar-refractivity contribution in [3.63, 3.8) is 0 Å². The van der Waals surface area contributed by atoms with Crippen molar-refractivity contribution in [2.24, 2.45) is 5.73 Å². The lowest BCUT2D eigenvalue weighted by Crippen LogP contribution is -2.09. The number of benzene rings is 4. The van der Waals surface area contributed by atoms with Crippen molar-refractivity contribution in [3.05, 3.63) is 114 Å². The van der Waals surface area contributed by atoms with Crippen LogP contribution in [0.4, 0.5) is 4.39 Å². The Morgan fingerprint density at radius 3 is 2.53 bits per heavy atom. The van der Waals surface area contributed by atoms with Gasteiger partial charge in [-0.15, -0.1) is 0 Å². The molecule has 0 aliphatic rings. The summed E-state index contributed by atoms with van der Waals surface area (Å²) in [5.41, 5.74) is 11.4. The van der Waals surface area contributed by atoms with E-state index >= 15 is 4.39 Å². The molecule has 0 fully saturated rings. The molecule has 38 heavy (non-hydrogen) atoms. The molecular weight excluding hydrogens is 481 g/mol. The largest absolute Gasteiger partial charge is 0.489 e. The molecule has 0 saturated carbocycles. The molecule has 192 valence electrons. The molecule has 0 bridgehead atoms. The molecule has 1 aromatic heterocycles. The number of carbonyl (C=O) groups excluding carboxylic acids is 1. The van der Waals surface area contributed by atoms with Crippen LogP contribution in [0.3, 0.4) is 0 Å². The molecule has 0 aliphatic heterocycles. The number of ether oxygens (including phenoxy) is 2. The molecule has 0 unspecified atom stereocenters. The van der Waals surface area contributed by atoms with Crippen LogP contribution >= 0.6 is 0 Å². The Kier molecular flexibility index (Phi) is 7.52. The molecular formula is C32H28FNO4. The molecule has 6 heteroatoms. The molecule has 0 spiro atoms. The van der Waals surface area contributed by atoms with Crippen LogP contribution in [0, 0.1) is 5.82 Å². The summed E-state index contributed by atoms with van der Waals surface area (Å²) in [6.45, 7) is 2.40. The number of carbonyl (C=O) groups is 1. The molecule has 0 amide bonds. The van der Waals surface area contributed by atoms with Crippen LogP contribution in [-0.2, 0) is 29.1 Å². The first-order valence-electron chi connectivity index (χ1n) is 12.5. The van der Waals surface area contributed by atoms with Gasteiger partial charge in [0.1, 0.15) is 23.8 Å². The average Bonchev–Trinajstić information content (AvgIpc) is 3.42. The number of esters is 1. The summed E-state index contributed by atoms with van der Waals surface area (Å²) in [5.74, 6) is -0.0928. The Morgan fingerprint density at radius 1 is 0.895 bits per heavy atom. The molecule has 5 aromatic rings. The molecule has 4 aromatic carbocycles. The second-order valence-electron chi connectivity index (χ2n) is 8.92. The Hall–Kier alpha value is -4.42. The zero-order valence-electron chi connectivity index (χ0n) is 21.1. The zero-order valence-corrected chi connectivity index (χ0v) is 21.1. The average molecular weight is 510 g/mol. The van der Waals surface area contributed by atoms with Crippen LogP contribution < -0.4 is 10.5 Å². The lowest BCUT2D eigenvalue weighted by Gasteiger charge is -2.15.